The number of rotatable bonds is 10. The van der Waals surface area contributed by atoms with Gasteiger partial charge >= 0.3 is 5.97 Å². The summed E-state index contributed by atoms with van der Waals surface area (Å²) in [6.45, 7) is 20.7. The van der Waals surface area contributed by atoms with Gasteiger partial charge in [0, 0.05) is 25.2 Å². The van der Waals surface area contributed by atoms with Gasteiger partial charge in [-0.3, -0.25) is 19.3 Å². The van der Waals surface area contributed by atoms with Crippen LogP contribution in [0.4, 0.5) is 0 Å². The molecule has 0 aromatic rings. The van der Waals surface area contributed by atoms with E-state index in [1.807, 2.05) is 54.5 Å². The Bertz CT molecular complexity index is 968. The number of amides is 3. The van der Waals surface area contributed by atoms with Gasteiger partial charge in [-0.05, 0) is 85.6 Å². The number of piperidine rings is 1. The fraction of sp³-hybridized carbons (Fsp3) is 0.812. The number of nitrogens with zero attached hydrogens (tertiary/aromatic N) is 3. The molecule has 41 heavy (non-hydrogen) atoms. The molecule has 234 valence electrons. The molecular weight excluding hydrogens is 520 g/mol. The molecule has 2 heterocycles. The second-order valence-electron chi connectivity index (χ2n) is 13.8. The van der Waals surface area contributed by atoms with E-state index in [0.717, 1.165) is 32.2 Å². The molecule has 1 unspecified atom stereocenters. The second-order valence-corrected chi connectivity index (χ2v) is 13.8. The number of likely N-dealkylation sites (N-methyl/N-ethyl adjacent to an activating group) is 1. The van der Waals surface area contributed by atoms with Crippen molar-refractivity contribution in [1.82, 2.24) is 20.0 Å². The zero-order valence-electron chi connectivity index (χ0n) is 27.5. The maximum Gasteiger partial charge on any atom is 0.329 e. The fourth-order valence-corrected chi connectivity index (χ4v) is 5.91. The normalized spacial score (nSPS) is 22.2. The fourth-order valence-electron chi connectivity index (χ4n) is 5.91. The summed E-state index contributed by atoms with van der Waals surface area (Å²) in [6.07, 6.45) is 6.01. The highest BCUT2D eigenvalue weighted by atomic mass is 16.6. The lowest BCUT2D eigenvalue weighted by Crippen LogP contribution is -2.58. The molecular formula is C32H56N4O5. The minimum Gasteiger partial charge on any atom is -0.458 e. The molecule has 2 aliphatic heterocycles. The van der Waals surface area contributed by atoms with Crippen LogP contribution in [0.25, 0.3) is 0 Å². The number of likely N-dealkylation sites (tertiary alicyclic amines) is 2. The zero-order valence-corrected chi connectivity index (χ0v) is 27.5. The van der Waals surface area contributed by atoms with Crippen LogP contribution in [0.15, 0.2) is 11.6 Å². The van der Waals surface area contributed by atoms with Gasteiger partial charge in [0.15, 0.2) is 0 Å². The summed E-state index contributed by atoms with van der Waals surface area (Å²) in [5.41, 5.74) is -0.143. The molecule has 4 atom stereocenters. The summed E-state index contributed by atoms with van der Waals surface area (Å²) < 4.78 is 5.57. The van der Waals surface area contributed by atoms with Crippen LogP contribution >= 0.6 is 0 Å². The summed E-state index contributed by atoms with van der Waals surface area (Å²) in [6, 6.07) is -1.63. The van der Waals surface area contributed by atoms with Crippen molar-refractivity contribution in [1.29, 1.82) is 0 Å². The quantitative estimate of drug-likeness (QED) is 0.310. The Labute approximate surface area is 248 Å². The van der Waals surface area contributed by atoms with Crippen molar-refractivity contribution in [3.8, 4) is 0 Å². The van der Waals surface area contributed by atoms with Gasteiger partial charge in [-0.15, -0.1) is 0 Å². The maximum atomic E-state index is 13.9. The predicted molar refractivity (Wildman–Crippen MR) is 162 cm³/mol. The van der Waals surface area contributed by atoms with Crippen molar-refractivity contribution in [3.05, 3.63) is 11.6 Å². The Balaban J connectivity index is 2.22. The lowest BCUT2D eigenvalue weighted by Gasteiger charge is -2.39. The highest BCUT2D eigenvalue weighted by Gasteiger charge is 2.39. The van der Waals surface area contributed by atoms with Gasteiger partial charge in [0.1, 0.15) is 17.7 Å². The van der Waals surface area contributed by atoms with E-state index >= 15 is 0 Å². The number of hydrogen-bond donors (Lipinski definition) is 1. The lowest BCUT2D eigenvalue weighted by molar-refractivity contribution is -0.162. The minimum atomic E-state index is -0.677. The van der Waals surface area contributed by atoms with Crippen molar-refractivity contribution < 1.29 is 23.9 Å². The van der Waals surface area contributed by atoms with Crippen molar-refractivity contribution in [2.75, 3.05) is 20.1 Å². The summed E-state index contributed by atoms with van der Waals surface area (Å²) >= 11 is 0. The third kappa shape index (κ3) is 9.29. The first-order valence-corrected chi connectivity index (χ1v) is 15.5. The Hall–Kier alpha value is -2.42. The second kappa shape index (κ2) is 14.7. The molecule has 0 radical (unpaired) electrons. The highest BCUT2D eigenvalue weighted by molar-refractivity contribution is 5.96. The Morgan fingerprint density at radius 1 is 0.902 bits per heavy atom. The summed E-state index contributed by atoms with van der Waals surface area (Å²) in [7, 11) is 1.74. The molecule has 1 N–H and O–H groups in total. The topological polar surface area (TPSA) is 99.3 Å². The van der Waals surface area contributed by atoms with Crippen LogP contribution in [0.1, 0.15) is 101 Å². The van der Waals surface area contributed by atoms with Crippen LogP contribution in [0.2, 0.25) is 0 Å². The molecule has 0 bridgehead atoms. The van der Waals surface area contributed by atoms with E-state index < -0.39 is 17.7 Å². The summed E-state index contributed by atoms with van der Waals surface area (Å²) in [5, 5.41) is 3.08. The molecule has 2 rings (SSSR count). The first kappa shape index (κ1) is 34.8. The van der Waals surface area contributed by atoms with Gasteiger partial charge in [-0.1, -0.05) is 40.2 Å². The molecule has 2 fully saturated rings. The van der Waals surface area contributed by atoms with Crippen LogP contribution in [0.5, 0.6) is 0 Å². The Morgan fingerprint density at radius 2 is 1.51 bits per heavy atom. The van der Waals surface area contributed by atoms with Gasteiger partial charge in [-0.25, -0.2) is 4.79 Å². The summed E-state index contributed by atoms with van der Waals surface area (Å²) in [5.74, 6) is -0.959. The third-order valence-electron chi connectivity index (χ3n) is 8.17. The third-order valence-corrected chi connectivity index (χ3v) is 8.17. The molecule has 3 amide bonds. The molecule has 2 aliphatic rings. The largest absolute Gasteiger partial charge is 0.458 e. The van der Waals surface area contributed by atoms with Crippen molar-refractivity contribution >= 4 is 23.7 Å². The Morgan fingerprint density at radius 3 is 2.05 bits per heavy atom. The number of nitrogens with one attached hydrogen (secondary N) is 1. The molecule has 0 aliphatic carbocycles. The molecule has 0 saturated carbocycles. The van der Waals surface area contributed by atoms with E-state index in [1.165, 1.54) is 0 Å². The van der Waals surface area contributed by atoms with E-state index in [0.29, 0.717) is 18.5 Å². The van der Waals surface area contributed by atoms with Gasteiger partial charge in [-0.2, -0.15) is 0 Å². The molecule has 9 heteroatoms. The monoisotopic (exact) mass is 576 g/mol. The number of carbonyl (C=O) groups excluding carboxylic acids is 4. The SMILES string of the molecule is CC(=CC(C(C)C)N(C)C(=O)[C@@H](NC(=O)[C@H]1CCCCN1C(C)C)C(C)C)C(=O)N1CCC[C@H]1C(=O)OC(C)(C)C. The number of carbonyl (C=O) groups is 4. The maximum absolute atomic E-state index is 13.9. The minimum absolute atomic E-state index is 0.0187. The van der Waals surface area contributed by atoms with E-state index in [-0.39, 0.29) is 53.7 Å². The zero-order chi connectivity index (χ0) is 31.2. The molecule has 2 saturated heterocycles. The van der Waals surface area contributed by atoms with Gasteiger partial charge in [0.25, 0.3) is 0 Å². The van der Waals surface area contributed by atoms with Crippen molar-refractivity contribution in [2.24, 2.45) is 11.8 Å². The van der Waals surface area contributed by atoms with E-state index in [9.17, 15) is 19.2 Å². The summed E-state index contributed by atoms with van der Waals surface area (Å²) in [4.78, 5) is 59.1. The van der Waals surface area contributed by atoms with E-state index in [2.05, 4.69) is 24.1 Å². The van der Waals surface area contributed by atoms with Crippen LogP contribution in [0.3, 0.4) is 0 Å². The molecule has 0 aromatic heterocycles. The van der Waals surface area contributed by atoms with Crippen molar-refractivity contribution in [2.45, 2.75) is 137 Å². The molecule has 0 spiro atoms. The van der Waals surface area contributed by atoms with Crippen LogP contribution in [0, 0.1) is 11.8 Å². The Kier molecular flexibility index (Phi) is 12.4. The average Bonchev–Trinajstić information content (AvgIpc) is 3.37. The number of esters is 1. The smallest absolute Gasteiger partial charge is 0.329 e. The highest BCUT2D eigenvalue weighted by Crippen LogP contribution is 2.25. The van der Waals surface area contributed by atoms with E-state index in [1.54, 1.807) is 23.8 Å². The van der Waals surface area contributed by atoms with Gasteiger partial charge in [0.2, 0.25) is 17.7 Å². The predicted octanol–water partition coefficient (Wildman–Crippen LogP) is 4.15. The standard InChI is InChI=1S/C32H56N4O5/c1-20(2)26(19-23(7)29(38)36-18-14-16-25(36)31(40)41-32(8,9)10)34(11)30(39)27(21(3)4)33-28(37)24-15-12-13-17-35(24)22(5)6/h19-22,24-27H,12-18H2,1-11H3,(H,33,37)/t24-,25+,26?,27+/m1/s1. The number of ether oxygens (including phenoxy) is 1. The van der Waals surface area contributed by atoms with E-state index in [4.69, 9.17) is 4.74 Å². The first-order chi connectivity index (χ1) is 19.0. The first-order valence-electron chi connectivity index (χ1n) is 15.5. The average molecular weight is 577 g/mol. The lowest BCUT2D eigenvalue weighted by atomic mass is 9.95. The number of hydrogen-bond acceptors (Lipinski definition) is 6. The van der Waals surface area contributed by atoms with Crippen LogP contribution in [-0.4, -0.2) is 94.3 Å². The van der Waals surface area contributed by atoms with Crippen LogP contribution < -0.4 is 5.32 Å². The van der Waals surface area contributed by atoms with Crippen LogP contribution in [-0.2, 0) is 23.9 Å². The molecule has 9 nitrogen and oxygen atoms in total. The van der Waals surface area contributed by atoms with Crippen molar-refractivity contribution in [3.63, 3.8) is 0 Å². The van der Waals surface area contributed by atoms with Gasteiger partial charge < -0.3 is 19.9 Å². The van der Waals surface area contributed by atoms with Gasteiger partial charge in [0.05, 0.1) is 12.1 Å². The molecule has 0 aromatic carbocycles.